The number of halogens is 2. The number of hydrogen-bond acceptors (Lipinski definition) is 2. The van der Waals surface area contributed by atoms with Gasteiger partial charge >= 0.3 is 0 Å². The van der Waals surface area contributed by atoms with Crippen LogP contribution in [0.4, 0.5) is 8.78 Å². The van der Waals surface area contributed by atoms with Crippen LogP contribution in [0.2, 0.25) is 0 Å². The number of phenolic OH excluding ortho intramolecular Hbond substituents is 2. The van der Waals surface area contributed by atoms with Gasteiger partial charge in [0.2, 0.25) is 5.82 Å². The number of hydrogen-bond donors (Lipinski definition) is 2. The Hall–Kier alpha value is -2.10. The maximum Gasteiger partial charge on any atom is 0.200 e. The summed E-state index contributed by atoms with van der Waals surface area (Å²) < 4.78 is 26.6. The van der Waals surface area contributed by atoms with Gasteiger partial charge < -0.3 is 10.2 Å². The molecule has 2 aromatic rings. The molecule has 0 atom stereocenters. The topological polar surface area (TPSA) is 40.5 Å². The Labute approximate surface area is 90.4 Å². The van der Waals surface area contributed by atoms with Gasteiger partial charge in [0.1, 0.15) is 5.75 Å². The van der Waals surface area contributed by atoms with Crippen LogP contribution in [0.15, 0.2) is 36.4 Å². The Bertz CT molecular complexity index is 539. The number of phenols is 2. The third-order valence-corrected chi connectivity index (χ3v) is 2.22. The molecule has 82 valence electrons. The molecule has 0 saturated carbocycles. The fourth-order valence-corrected chi connectivity index (χ4v) is 1.44. The maximum absolute atomic E-state index is 13.5. The monoisotopic (exact) mass is 222 g/mol. The van der Waals surface area contributed by atoms with Gasteiger partial charge in [0.15, 0.2) is 11.6 Å². The van der Waals surface area contributed by atoms with Crippen molar-refractivity contribution in [3.63, 3.8) is 0 Å². The van der Waals surface area contributed by atoms with Crippen LogP contribution < -0.4 is 0 Å². The SMILES string of the molecule is Oc1cccc(-c2ccc(O)c(F)c2F)c1. The normalized spacial score (nSPS) is 10.4. The highest BCUT2D eigenvalue weighted by Gasteiger charge is 2.14. The van der Waals surface area contributed by atoms with E-state index in [1.165, 1.54) is 30.3 Å². The van der Waals surface area contributed by atoms with Gasteiger partial charge in [-0.25, -0.2) is 4.39 Å². The van der Waals surface area contributed by atoms with Crippen molar-refractivity contribution in [1.82, 2.24) is 0 Å². The number of aromatic hydroxyl groups is 2. The minimum absolute atomic E-state index is 0.00815. The molecule has 2 N–H and O–H groups in total. The summed E-state index contributed by atoms with van der Waals surface area (Å²) in [5, 5.41) is 18.2. The molecule has 4 heteroatoms. The minimum atomic E-state index is -1.29. The molecule has 0 fully saturated rings. The molecule has 0 saturated heterocycles. The summed E-state index contributed by atoms with van der Waals surface area (Å²) in [5.41, 5.74) is 0.336. The lowest BCUT2D eigenvalue weighted by Crippen LogP contribution is -1.90. The summed E-state index contributed by atoms with van der Waals surface area (Å²) in [6, 6.07) is 8.12. The van der Waals surface area contributed by atoms with E-state index < -0.39 is 17.4 Å². The summed E-state index contributed by atoms with van der Waals surface area (Å²) >= 11 is 0. The molecule has 0 aliphatic rings. The molecule has 0 bridgehead atoms. The van der Waals surface area contributed by atoms with Gasteiger partial charge in [0.25, 0.3) is 0 Å². The van der Waals surface area contributed by atoms with Gasteiger partial charge in [-0.05, 0) is 29.8 Å². The van der Waals surface area contributed by atoms with Gasteiger partial charge in [0.05, 0.1) is 0 Å². The lowest BCUT2D eigenvalue weighted by atomic mass is 10.0. The maximum atomic E-state index is 13.5. The molecule has 0 aromatic heterocycles. The Kier molecular flexibility index (Phi) is 2.48. The lowest BCUT2D eigenvalue weighted by Gasteiger charge is -2.05. The Morgan fingerprint density at radius 3 is 2.31 bits per heavy atom. The molecular weight excluding hydrogens is 214 g/mol. The first kappa shape index (κ1) is 10.4. The van der Waals surface area contributed by atoms with E-state index in [4.69, 9.17) is 5.11 Å². The van der Waals surface area contributed by atoms with E-state index in [0.29, 0.717) is 5.56 Å². The molecule has 0 radical (unpaired) electrons. The second kappa shape index (κ2) is 3.81. The third-order valence-electron chi connectivity index (χ3n) is 2.22. The number of benzene rings is 2. The van der Waals surface area contributed by atoms with E-state index in [2.05, 4.69) is 0 Å². The molecule has 2 rings (SSSR count). The second-order valence-corrected chi connectivity index (χ2v) is 3.31. The van der Waals surface area contributed by atoms with Crippen molar-refractivity contribution < 1.29 is 19.0 Å². The molecule has 0 aliphatic heterocycles. The highest BCUT2D eigenvalue weighted by atomic mass is 19.2. The van der Waals surface area contributed by atoms with Gasteiger partial charge in [-0.3, -0.25) is 0 Å². The van der Waals surface area contributed by atoms with E-state index in [-0.39, 0.29) is 11.3 Å². The Balaban J connectivity index is 2.61. The van der Waals surface area contributed by atoms with Crippen LogP contribution in [0.3, 0.4) is 0 Å². The van der Waals surface area contributed by atoms with Crippen molar-refractivity contribution in [2.75, 3.05) is 0 Å². The van der Waals surface area contributed by atoms with E-state index in [0.717, 1.165) is 6.07 Å². The Morgan fingerprint density at radius 1 is 0.875 bits per heavy atom. The van der Waals surface area contributed by atoms with Crippen molar-refractivity contribution in [2.45, 2.75) is 0 Å². The second-order valence-electron chi connectivity index (χ2n) is 3.31. The highest BCUT2D eigenvalue weighted by molar-refractivity contribution is 5.66. The fourth-order valence-electron chi connectivity index (χ4n) is 1.44. The van der Waals surface area contributed by atoms with E-state index in [1.54, 1.807) is 0 Å². The average molecular weight is 222 g/mol. The van der Waals surface area contributed by atoms with Crippen LogP contribution in [0.1, 0.15) is 0 Å². The quantitative estimate of drug-likeness (QED) is 0.778. The molecule has 0 heterocycles. The van der Waals surface area contributed by atoms with Gasteiger partial charge in [-0.2, -0.15) is 4.39 Å². The number of rotatable bonds is 1. The summed E-state index contributed by atoms with van der Waals surface area (Å²) in [5.74, 6) is -3.20. The largest absolute Gasteiger partial charge is 0.508 e. The smallest absolute Gasteiger partial charge is 0.200 e. The molecular formula is C12H8F2O2. The highest BCUT2D eigenvalue weighted by Crippen LogP contribution is 2.30. The third kappa shape index (κ3) is 1.69. The Morgan fingerprint density at radius 2 is 1.62 bits per heavy atom. The predicted molar refractivity (Wildman–Crippen MR) is 55.1 cm³/mol. The van der Waals surface area contributed by atoms with Gasteiger partial charge in [-0.1, -0.05) is 12.1 Å². The first-order chi connectivity index (χ1) is 7.59. The van der Waals surface area contributed by atoms with Crippen LogP contribution in [0.5, 0.6) is 11.5 Å². The standard InChI is InChI=1S/C12H8F2O2/c13-11-9(4-5-10(16)12(11)14)7-2-1-3-8(15)6-7/h1-6,15-16H. The zero-order valence-electron chi connectivity index (χ0n) is 8.11. The van der Waals surface area contributed by atoms with E-state index >= 15 is 0 Å². The molecule has 2 aromatic carbocycles. The molecule has 2 nitrogen and oxygen atoms in total. The van der Waals surface area contributed by atoms with Crippen LogP contribution in [-0.2, 0) is 0 Å². The zero-order valence-corrected chi connectivity index (χ0v) is 8.11. The summed E-state index contributed by atoms with van der Waals surface area (Å²) in [6.07, 6.45) is 0. The van der Waals surface area contributed by atoms with Crippen molar-refractivity contribution in [3.8, 4) is 22.6 Å². The van der Waals surface area contributed by atoms with Crippen molar-refractivity contribution >= 4 is 0 Å². The van der Waals surface area contributed by atoms with Crippen LogP contribution in [0, 0.1) is 11.6 Å². The van der Waals surface area contributed by atoms with E-state index in [1.807, 2.05) is 0 Å². The first-order valence-electron chi connectivity index (χ1n) is 4.56. The van der Waals surface area contributed by atoms with Crippen LogP contribution >= 0.6 is 0 Å². The molecule has 16 heavy (non-hydrogen) atoms. The van der Waals surface area contributed by atoms with Crippen molar-refractivity contribution in [3.05, 3.63) is 48.0 Å². The summed E-state index contributed by atoms with van der Waals surface area (Å²) in [4.78, 5) is 0. The fraction of sp³-hybridized carbons (Fsp3) is 0. The first-order valence-corrected chi connectivity index (χ1v) is 4.56. The van der Waals surface area contributed by atoms with Crippen molar-refractivity contribution in [1.29, 1.82) is 0 Å². The predicted octanol–water partition coefficient (Wildman–Crippen LogP) is 3.04. The molecule has 0 unspecified atom stereocenters. The molecule has 0 amide bonds. The lowest BCUT2D eigenvalue weighted by molar-refractivity contribution is 0.408. The van der Waals surface area contributed by atoms with Crippen LogP contribution in [-0.4, -0.2) is 10.2 Å². The summed E-state index contributed by atoms with van der Waals surface area (Å²) in [6.45, 7) is 0. The van der Waals surface area contributed by atoms with Gasteiger partial charge in [-0.15, -0.1) is 0 Å². The minimum Gasteiger partial charge on any atom is -0.508 e. The van der Waals surface area contributed by atoms with Crippen molar-refractivity contribution in [2.24, 2.45) is 0 Å². The average Bonchev–Trinajstić information content (AvgIpc) is 2.26. The molecule has 0 aliphatic carbocycles. The van der Waals surface area contributed by atoms with E-state index in [9.17, 15) is 13.9 Å². The van der Waals surface area contributed by atoms with Gasteiger partial charge in [0, 0.05) is 5.56 Å². The van der Waals surface area contributed by atoms with Crippen LogP contribution in [0.25, 0.3) is 11.1 Å². The molecule has 0 spiro atoms. The zero-order chi connectivity index (χ0) is 11.7. The summed E-state index contributed by atoms with van der Waals surface area (Å²) in [7, 11) is 0.